The molecule has 1 aromatic carbocycles. The van der Waals surface area contributed by atoms with E-state index in [9.17, 15) is 24.5 Å². The average molecular weight is 874 g/mol. The number of nitro benzene ring substituents is 1. The van der Waals surface area contributed by atoms with Gasteiger partial charge in [-0.1, -0.05) is 169 Å². The Bertz CT molecular complexity index is 1240. The molecule has 0 amide bonds. The second kappa shape index (κ2) is 40.6. The first-order valence-corrected chi connectivity index (χ1v) is 25.7. The number of nitro groups is 1. The van der Waals surface area contributed by atoms with E-state index in [1.807, 2.05) is 0 Å². The van der Waals surface area contributed by atoms with Crippen molar-refractivity contribution in [2.24, 2.45) is 11.8 Å². The van der Waals surface area contributed by atoms with E-state index in [-0.39, 0.29) is 29.5 Å². The molecule has 0 aromatic heterocycles. The largest absolute Gasteiger partial charge is 0.514 e. The van der Waals surface area contributed by atoms with Crippen molar-refractivity contribution in [2.45, 2.75) is 252 Å². The van der Waals surface area contributed by atoms with Crippen LogP contribution in [0.1, 0.15) is 246 Å². The van der Waals surface area contributed by atoms with Crippen molar-refractivity contribution in [3.05, 3.63) is 34.4 Å². The molecule has 0 aliphatic rings. The van der Waals surface area contributed by atoms with E-state index in [4.69, 9.17) is 18.9 Å². The molecule has 0 N–H and O–H groups in total. The SMILES string of the molecule is CCCCCCCCC(CCCC)COC(=O)CCCCCCCCC(CCCCCCCCC(=O)OCC(CCCC)CCCCCC)OC(=O)Oc1ccc([N+](=O)[O-])cc1. The molecule has 0 fully saturated rings. The summed E-state index contributed by atoms with van der Waals surface area (Å²) in [4.78, 5) is 48.2. The highest BCUT2D eigenvalue weighted by molar-refractivity contribution is 5.69. The zero-order valence-corrected chi connectivity index (χ0v) is 40.1. The highest BCUT2D eigenvalue weighted by Gasteiger charge is 2.18. The van der Waals surface area contributed by atoms with Crippen LogP contribution in [0.5, 0.6) is 5.75 Å². The lowest BCUT2D eigenvalue weighted by Crippen LogP contribution is -2.21. The number of unbranched alkanes of at least 4 members (excludes halogenated alkanes) is 20. The van der Waals surface area contributed by atoms with E-state index in [2.05, 4.69) is 27.7 Å². The maximum absolute atomic E-state index is 12.7. The Balaban J connectivity index is 2.39. The van der Waals surface area contributed by atoms with Crippen molar-refractivity contribution < 1.29 is 38.3 Å². The Morgan fingerprint density at radius 3 is 1.26 bits per heavy atom. The third kappa shape index (κ3) is 33.4. The van der Waals surface area contributed by atoms with Crippen molar-refractivity contribution >= 4 is 23.8 Å². The maximum atomic E-state index is 12.7. The molecule has 0 saturated heterocycles. The van der Waals surface area contributed by atoms with Gasteiger partial charge in [-0.15, -0.1) is 0 Å². The third-order valence-electron chi connectivity index (χ3n) is 12.1. The van der Waals surface area contributed by atoms with Crippen LogP contribution in [-0.2, 0) is 23.8 Å². The number of hydrogen-bond acceptors (Lipinski definition) is 9. The molecule has 10 nitrogen and oxygen atoms in total. The van der Waals surface area contributed by atoms with Crippen molar-refractivity contribution in [1.29, 1.82) is 0 Å². The fourth-order valence-corrected chi connectivity index (χ4v) is 8.10. The summed E-state index contributed by atoms with van der Waals surface area (Å²) in [5.41, 5.74) is -0.0760. The minimum atomic E-state index is -0.796. The van der Waals surface area contributed by atoms with E-state index >= 15 is 0 Å². The molecular formula is C52H91NO9. The molecule has 10 heteroatoms. The monoisotopic (exact) mass is 874 g/mol. The van der Waals surface area contributed by atoms with Crippen LogP contribution in [0.25, 0.3) is 0 Å². The Kier molecular flexibility index (Phi) is 37.2. The normalized spacial score (nSPS) is 12.7. The highest BCUT2D eigenvalue weighted by atomic mass is 16.7. The number of benzene rings is 1. The van der Waals surface area contributed by atoms with Gasteiger partial charge in [0.2, 0.25) is 0 Å². The van der Waals surface area contributed by atoms with E-state index in [1.54, 1.807) is 0 Å². The topological polar surface area (TPSA) is 131 Å². The van der Waals surface area contributed by atoms with E-state index in [1.165, 1.54) is 114 Å². The molecule has 1 rings (SSSR count). The number of non-ortho nitro benzene ring substituents is 1. The number of rotatable bonds is 43. The molecule has 0 saturated carbocycles. The first-order chi connectivity index (χ1) is 30.2. The van der Waals surface area contributed by atoms with Crippen LogP contribution < -0.4 is 4.74 Å². The number of hydrogen-bond donors (Lipinski definition) is 0. The standard InChI is InChI=1S/C52H91NO9/c1-5-9-13-15-20-26-34-46(32-12-8-4)44-60-51(55)38-30-24-19-17-22-28-36-48(61-52(56)62-49-41-39-47(40-42-49)53(57)58)35-27-21-16-18-23-29-37-50(54)59-43-45(31-11-7-3)33-25-14-10-6-2/h39-42,45-46,48H,5-38,43-44H2,1-4H3. The summed E-state index contributed by atoms with van der Waals surface area (Å²) < 4.78 is 22.6. The fourth-order valence-electron chi connectivity index (χ4n) is 8.10. The number of ether oxygens (including phenoxy) is 4. The molecule has 0 aliphatic carbocycles. The summed E-state index contributed by atoms with van der Waals surface area (Å²) in [6.45, 7) is 10.0. The first kappa shape index (κ1) is 56.8. The lowest BCUT2D eigenvalue weighted by molar-refractivity contribution is -0.384. The van der Waals surface area contributed by atoms with Gasteiger partial charge in [0.05, 0.1) is 18.1 Å². The number of carbonyl (C=O) groups is 3. The van der Waals surface area contributed by atoms with E-state index in [0.29, 0.717) is 37.9 Å². The summed E-state index contributed by atoms with van der Waals surface area (Å²) in [6, 6.07) is 5.40. The average Bonchev–Trinajstić information content (AvgIpc) is 3.26. The zero-order valence-electron chi connectivity index (χ0n) is 40.1. The van der Waals surface area contributed by atoms with Crippen LogP contribution in [-0.4, -0.2) is 42.3 Å². The number of carbonyl (C=O) groups excluding carboxylic acids is 3. The van der Waals surface area contributed by atoms with Crippen LogP contribution in [0.4, 0.5) is 10.5 Å². The fraction of sp³-hybridized carbons (Fsp3) is 0.827. The van der Waals surface area contributed by atoms with Crippen LogP contribution in [0.3, 0.4) is 0 Å². The predicted octanol–water partition coefficient (Wildman–Crippen LogP) is 16.1. The summed E-state index contributed by atoms with van der Waals surface area (Å²) >= 11 is 0. The van der Waals surface area contributed by atoms with Gasteiger partial charge in [0, 0.05) is 25.0 Å². The lowest BCUT2D eigenvalue weighted by Gasteiger charge is -2.18. The zero-order chi connectivity index (χ0) is 45.3. The Hall–Kier alpha value is -3.17. The Morgan fingerprint density at radius 1 is 0.484 bits per heavy atom. The molecule has 0 radical (unpaired) electrons. The molecule has 62 heavy (non-hydrogen) atoms. The second-order valence-corrected chi connectivity index (χ2v) is 18.0. The van der Waals surface area contributed by atoms with E-state index in [0.717, 1.165) is 116 Å². The van der Waals surface area contributed by atoms with Crippen LogP contribution in [0.15, 0.2) is 24.3 Å². The number of esters is 2. The highest BCUT2D eigenvalue weighted by Crippen LogP contribution is 2.23. The van der Waals surface area contributed by atoms with Crippen LogP contribution in [0, 0.1) is 22.0 Å². The van der Waals surface area contributed by atoms with Gasteiger partial charge in [-0.2, -0.15) is 0 Å². The predicted molar refractivity (Wildman–Crippen MR) is 253 cm³/mol. The number of nitrogens with zero attached hydrogens (tertiary/aromatic N) is 1. The Morgan fingerprint density at radius 2 is 0.839 bits per heavy atom. The molecule has 1 aromatic rings. The molecule has 3 unspecified atom stereocenters. The van der Waals surface area contributed by atoms with Crippen LogP contribution >= 0.6 is 0 Å². The summed E-state index contributed by atoms with van der Waals surface area (Å²) in [5.74, 6) is 1.04. The third-order valence-corrected chi connectivity index (χ3v) is 12.1. The van der Waals surface area contributed by atoms with Gasteiger partial charge in [0.25, 0.3) is 5.69 Å². The smallest absolute Gasteiger partial charge is 0.465 e. The lowest BCUT2D eigenvalue weighted by atomic mass is 9.96. The molecule has 3 atom stereocenters. The van der Waals surface area contributed by atoms with Crippen molar-refractivity contribution in [3.8, 4) is 5.75 Å². The van der Waals surface area contributed by atoms with Crippen LogP contribution in [0.2, 0.25) is 0 Å². The quantitative estimate of drug-likeness (QED) is 0.0157. The van der Waals surface area contributed by atoms with Crippen molar-refractivity contribution in [2.75, 3.05) is 13.2 Å². The maximum Gasteiger partial charge on any atom is 0.514 e. The van der Waals surface area contributed by atoms with Gasteiger partial charge in [0.1, 0.15) is 11.9 Å². The molecule has 0 spiro atoms. The van der Waals surface area contributed by atoms with Gasteiger partial charge >= 0.3 is 18.1 Å². The van der Waals surface area contributed by atoms with E-state index < -0.39 is 11.1 Å². The van der Waals surface area contributed by atoms with Crippen molar-refractivity contribution in [1.82, 2.24) is 0 Å². The molecule has 0 bridgehead atoms. The van der Waals surface area contributed by atoms with Gasteiger partial charge in [-0.25, -0.2) is 4.79 Å². The summed E-state index contributed by atoms with van der Waals surface area (Å²) in [5, 5.41) is 11.0. The van der Waals surface area contributed by atoms with Gasteiger partial charge in [-0.05, 0) is 88.2 Å². The minimum Gasteiger partial charge on any atom is -0.465 e. The Labute approximate surface area is 378 Å². The summed E-state index contributed by atoms with van der Waals surface area (Å²) in [6.07, 6.45) is 35.2. The minimum absolute atomic E-state index is 0.0652. The van der Waals surface area contributed by atoms with Gasteiger partial charge < -0.3 is 18.9 Å². The summed E-state index contributed by atoms with van der Waals surface area (Å²) in [7, 11) is 0. The second-order valence-electron chi connectivity index (χ2n) is 18.0. The first-order valence-electron chi connectivity index (χ1n) is 25.7. The van der Waals surface area contributed by atoms with Crippen molar-refractivity contribution in [3.63, 3.8) is 0 Å². The molecule has 358 valence electrons. The molecular weight excluding hydrogens is 783 g/mol. The molecule has 0 heterocycles. The molecule has 0 aliphatic heterocycles. The van der Waals surface area contributed by atoms with Gasteiger partial charge in [-0.3, -0.25) is 19.7 Å². The van der Waals surface area contributed by atoms with Gasteiger partial charge in [0.15, 0.2) is 0 Å².